The Morgan fingerprint density at radius 2 is 1.86 bits per heavy atom. The number of methoxy groups -OCH3 is 1. The van der Waals surface area contributed by atoms with E-state index in [0.717, 1.165) is 17.4 Å². The number of halogens is 1. The van der Waals surface area contributed by atoms with Gasteiger partial charge < -0.3 is 14.9 Å². The monoisotopic (exact) mass is 348 g/mol. The van der Waals surface area contributed by atoms with E-state index in [-0.39, 0.29) is 27.3 Å². The number of carbonyl (C=O) groups is 1. The summed E-state index contributed by atoms with van der Waals surface area (Å²) >= 11 is 3.13. The molecule has 0 aliphatic rings. The molecule has 0 spiro atoms. The lowest BCUT2D eigenvalue weighted by molar-refractivity contribution is 0.104. The summed E-state index contributed by atoms with van der Waals surface area (Å²) in [4.78, 5) is 12.1. The molecule has 0 aromatic heterocycles. The van der Waals surface area contributed by atoms with Crippen LogP contribution in [-0.4, -0.2) is 23.1 Å². The van der Waals surface area contributed by atoms with Crippen LogP contribution in [0, 0.1) is 0 Å². The molecule has 0 saturated carbocycles. The van der Waals surface area contributed by atoms with Gasteiger partial charge in [-0.25, -0.2) is 0 Å². The van der Waals surface area contributed by atoms with Crippen molar-refractivity contribution in [2.45, 2.75) is 0 Å². The molecule has 0 aliphatic heterocycles. The Hall–Kier alpha value is -2.27. The topological polar surface area (TPSA) is 66.8 Å². The number of hydrogen-bond acceptors (Lipinski definition) is 4. The van der Waals surface area contributed by atoms with E-state index in [9.17, 15) is 15.0 Å². The second-order valence-electron chi connectivity index (χ2n) is 4.30. The van der Waals surface area contributed by atoms with E-state index in [4.69, 9.17) is 4.74 Å². The van der Waals surface area contributed by atoms with Crippen LogP contribution in [0.5, 0.6) is 17.2 Å². The molecule has 2 aromatic carbocycles. The maximum atomic E-state index is 12.1. The number of ketones is 1. The van der Waals surface area contributed by atoms with Crippen molar-refractivity contribution in [2.24, 2.45) is 0 Å². The van der Waals surface area contributed by atoms with Crippen molar-refractivity contribution in [3.8, 4) is 17.2 Å². The molecule has 0 radical (unpaired) electrons. The summed E-state index contributed by atoms with van der Waals surface area (Å²) in [5, 5.41) is 19.0. The van der Waals surface area contributed by atoms with Crippen molar-refractivity contribution in [1.82, 2.24) is 0 Å². The lowest BCUT2D eigenvalue weighted by atomic mass is 10.1. The molecule has 2 aromatic rings. The first kappa shape index (κ1) is 15.1. The number of rotatable bonds is 4. The number of phenols is 2. The standard InChI is InChI=1S/C16H13BrO4/c1-21-12-5-2-10(3-6-12)4-7-14(19)13-8-11(18)9-15(20)16(13)17/h2-9,18,20H,1H3/b7-4+. The minimum atomic E-state index is -0.330. The second-order valence-corrected chi connectivity index (χ2v) is 5.09. The van der Waals surface area contributed by atoms with Gasteiger partial charge in [-0.05, 0) is 45.8 Å². The first-order chi connectivity index (χ1) is 10.0. The quantitative estimate of drug-likeness (QED) is 0.652. The van der Waals surface area contributed by atoms with Crippen LogP contribution < -0.4 is 4.74 Å². The minimum absolute atomic E-state index is 0.170. The highest BCUT2D eigenvalue weighted by atomic mass is 79.9. The summed E-state index contributed by atoms with van der Waals surface area (Å²) in [7, 11) is 1.58. The Morgan fingerprint density at radius 3 is 2.48 bits per heavy atom. The molecule has 21 heavy (non-hydrogen) atoms. The van der Waals surface area contributed by atoms with Crippen molar-refractivity contribution in [2.75, 3.05) is 7.11 Å². The molecule has 0 fully saturated rings. The van der Waals surface area contributed by atoms with Crippen LogP contribution in [0.1, 0.15) is 15.9 Å². The highest BCUT2D eigenvalue weighted by molar-refractivity contribution is 9.10. The van der Waals surface area contributed by atoms with Gasteiger partial charge in [0.2, 0.25) is 0 Å². The van der Waals surface area contributed by atoms with Gasteiger partial charge in [0.1, 0.15) is 17.2 Å². The third-order valence-corrected chi connectivity index (χ3v) is 3.68. The van der Waals surface area contributed by atoms with Crippen LogP contribution in [0.25, 0.3) is 6.08 Å². The highest BCUT2D eigenvalue weighted by Crippen LogP contribution is 2.32. The van der Waals surface area contributed by atoms with Gasteiger partial charge in [-0.15, -0.1) is 0 Å². The van der Waals surface area contributed by atoms with E-state index in [2.05, 4.69) is 15.9 Å². The molecule has 0 amide bonds. The van der Waals surface area contributed by atoms with Gasteiger partial charge in [-0.3, -0.25) is 4.79 Å². The summed E-state index contributed by atoms with van der Waals surface area (Å²) in [5.41, 5.74) is 1.03. The van der Waals surface area contributed by atoms with Crippen molar-refractivity contribution >= 4 is 27.8 Å². The summed E-state index contributed by atoms with van der Waals surface area (Å²) in [6.45, 7) is 0. The molecule has 0 bridgehead atoms. The molecule has 0 heterocycles. The molecule has 4 nitrogen and oxygen atoms in total. The first-order valence-corrected chi connectivity index (χ1v) is 6.88. The fourth-order valence-corrected chi connectivity index (χ4v) is 2.17. The molecule has 0 saturated heterocycles. The summed E-state index contributed by atoms with van der Waals surface area (Å²) in [6.07, 6.45) is 3.02. The van der Waals surface area contributed by atoms with Crippen LogP contribution >= 0.6 is 15.9 Å². The SMILES string of the molecule is COc1ccc(/C=C/C(=O)c2cc(O)cc(O)c2Br)cc1. The Kier molecular flexibility index (Phi) is 4.65. The van der Waals surface area contributed by atoms with E-state index in [1.807, 2.05) is 12.1 Å². The van der Waals surface area contributed by atoms with Crippen LogP contribution in [-0.2, 0) is 0 Å². The third-order valence-electron chi connectivity index (χ3n) is 2.85. The average molecular weight is 349 g/mol. The lowest BCUT2D eigenvalue weighted by Gasteiger charge is -2.04. The molecular formula is C16H13BrO4. The first-order valence-electron chi connectivity index (χ1n) is 6.09. The lowest BCUT2D eigenvalue weighted by Crippen LogP contribution is -1.96. The molecule has 5 heteroatoms. The van der Waals surface area contributed by atoms with E-state index in [1.54, 1.807) is 25.3 Å². The maximum absolute atomic E-state index is 12.1. The molecule has 0 aliphatic carbocycles. The van der Waals surface area contributed by atoms with Crippen molar-refractivity contribution in [3.63, 3.8) is 0 Å². The molecule has 0 unspecified atom stereocenters. The Balaban J connectivity index is 2.22. The van der Waals surface area contributed by atoms with E-state index >= 15 is 0 Å². The number of aromatic hydroxyl groups is 2. The van der Waals surface area contributed by atoms with Gasteiger partial charge in [-0.2, -0.15) is 0 Å². The molecule has 108 valence electrons. The Labute approximate surface area is 130 Å². The molecule has 0 atom stereocenters. The zero-order valence-corrected chi connectivity index (χ0v) is 12.8. The number of phenolic OH excluding ortho intramolecular Hbond substituents is 2. The number of benzene rings is 2. The number of ether oxygens (including phenoxy) is 1. The zero-order chi connectivity index (χ0) is 15.4. The normalized spacial score (nSPS) is 10.8. The largest absolute Gasteiger partial charge is 0.508 e. The van der Waals surface area contributed by atoms with E-state index in [1.165, 1.54) is 12.1 Å². The van der Waals surface area contributed by atoms with Crippen LogP contribution in [0.4, 0.5) is 0 Å². The second kappa shape index (κ2) is 6.45. The van der Waals surface area contributed by atoms with Crippen molar-refractivity contribution in [1.29, 1.82) is 0 Å². The van der Waals surface area contributed by atoms with Crippen LogP contribution in [0.3, 0.4) is 0 Å². The maximum Gasteiger partial charge on any atom is 0.187 e. The molecule has 2 rings (SSSR count). The highest BCUT2D eigenvalue weighted by Gasteiger charge is 2.12. The van der Waals surface area contributed by atoms with E-state index < -0.39 is 0 Å². The van der Waals surface area contributed by atoms with Gasteiger partial charge in [0.25, 0.3) is 0 Å². The van der Waals surface area contributed by atoms with Crippen molar-refractivity contribution in [3.05, 3.63) is 58.1 Å². The summed E-state index contributed by atoms with van der Waals surface area (Å²) in [5.74, 6) is 0.0520. The Morgan fingerprint density at radius 1 is 1.19 bits per heavy atom. The fraction of sp³-hybridized carbons (Fsp3) is 0.0625. The molecule has 2 N–H and O–H groups in total. The van der Waals surface area contributed by atoms with Crippen LogP contribution in [0.15, 0.2) is 46.9 Å². The Bertz CT molecular complexity index is 690. The molecular weight excluding hydrogens is 336 g/mol. The van der Waals surface area contributed by atoms with Crippen LogP contribution in [0.2, 0.25) is 0 Å². The predicted molar refractivity (Wildman–Crippen MR) is 83.8 cm³/mol. The van der Waals surface area contributed by atoms with Gasteiger partial charge in [-0.1, -0.05) is 18.2 Å². The number of allylic oxidation sites excluding steroid dienone is 1. The smallest absolute Gasteiger partial charge is 0.187 e. The van der Waals surface area contributed by atoms with Crippen molar-refractivity contribution < 1.29 is 19.7 Å². The summed E-state index contributed by atoms with van der Waals surface area (Å²) in [6, 6.07) is 9.67. The summed E-state index contributed by atoms with van der Waals surface area (Å²) < 4.78 is 5.31. The average Bonchev–Trinajstić information content (AvgIpc) is 2.49. The number of carbonyl (C=O) groups excluding carboxylic acids is 1. The third kappa shape index (κ3) is 3.64. The zero-order valence-electron chi connectivity index (χ0n) is 11.2. The van der Waals surface area contributed by atoms with Gasteiger partial charge in [0.15, 0.2) is 5.78 Å². The van der Waals surface area contributed by atoms with Gasteiger partial charge in [0.05, 0.1) is 11.6 Å². The van der Waals surface area contributed by atoms with Gasteiger partial charge in [0, 0.05) is 11.6 Å². The van der Waals surface area contributed by atoms with E-state index in [0.29, 0.717) is 0 Å². The van der Waals surface area contributed by atoms with Gasteiger partial charge >= 0.3 is 0 Å². The fourth-order valence-electron chi connectivity index (χ4n) is 1.75. The predicted octanol–water partition coefficient (Wildman–Crippen LogP) is 3.77. The number of hydrogen-bond donors (Lipinski definition) is 2. The minimum Gasteiger partial charge on any atom is -0.508 e.